The Morgan fingerprint density at radius 2 is 2.00 bits per heavy atom. The third-order valence-electron chi connectivity index (χ3n) is 3.62. The predicted octanol–water partition coefficient (Wildman–Crippen LogP) is 0.646. The third-order valence-corrected chi connectivity index (χ3v) is 3.62. The third kappa shape index (κ3) is 4.46. The fraction of sp³-hybridized carbons (Fsp3) is 0.467. The molecule has 0 aliphatic carbocycles. The maximum absolute atomic E-state index is 12.1. The molecule has 1 fully saturated rings. The van der Waals surface area contributed by atoms with E-state index < -0.39 is 12.0 Å². The number of hydrogen-bond donors (Lipinski definition) is 4. The minimum Gasteiger partial charge on any atom is -0.508 e. The summed E-state index contributed by atoms with van der Waals surface area (Å²) in [6.07, 6.45) is 2.94. The smallest absolute Gasteiger partial charge is 0.326 e. The molecule has 1 unspecified atom stereocenters. The van der Waals surface area contributed by atoms with Gasteiger partial charge >= 0.3 is 5.97 Å². The van der Waals surface area contributed by atoms with E-state index in [9.17, 15) is 19.8 Å². The summed E-state index contributed by atoms with van der Waals surface area (Å²) in [6.45, 7) is 0.786. The van der Waals surface area contributed by atoms with Gasteiger partial charge in [0.05, 0.1) is 6.04 Å². The molecule has 1 aliphatic heterocycles. The lowest BCUT2D eigenvalue weighted by Crippen LogP contribution is -2.52. The van der Waals surface area contributed by atoms with Gasteiger partial charge in [0.1, 0.15) is 11.8 Å². The first kappa shape index (κ1) is 15.3. The van der Waals surface area contributed by atoms with Crippen LogP contribution in [0.2, 0.25) is 0 Å². The summed E-state index contributed by atoms with van der Waals surface area (Å²) < 4.78 is 0. The van der Waals surface area contributed by atoms with Gasteiger partial charge in [-0.2, -0.15) is 0 Å². The van der Waals surface area contributed by atoms with Crippen molar-refractivity contribution >= 4 is 11.9 Å². The number of benzene rings is 1. The number of phenols is 1. The van der Waals surface area contributed by atoms with E-state index in [1.807, 2.05) is 0 Å². The molecule has 1 aliphatic rings. The Morgan fingerprint density at radius 3 is 2.57 bits per heavy atom. The van der Waals surface area contributed by atoms with E-state index in [1.54, 1.807) is 12.1 Å². The second kappa shape index (κ2) is 7.08. The van der Waals surface area contributed by atoms with E-state index >= 15 is 0 Å². The summed E-state index contributed by atoms with van der Waals surface area (Å²) in [7, 11) is 0. The second-order valence-corrected chi connectivity index (χ2v) is 5.27. The summed E-state index contributed by atoms with van der Waals surface area (Å²) >= 11 is 0. The Hall–Kier alpha value is -2.08. The number of amides is 1. The van der Waals surface area contributed by atoms with Gasteiger partial charge in [-0.15, -0.1) is 0 Å². The van der Waals surface area contributed by atoms with Crippen LogP contribution >= 0.6 is 0 Å². The Balaban J connectivity index is 1.96. The standard InChI is InChI=1S/C15H20N2O4/c18-11-6-4-10(5-7-11)9-13(15(20)21)17-14(19)12-3-1-2-8-16-12/h4-7,12-13,16,18H,1-3,8-9H2,(H,17,19)(H,20,21)/t12?,13-/m0/s1. The number of rotatable bonds is 5. The number of carbonyl (C=O) groups excluding carboxylic acids is 1. The number of aliphatic carboxylic acids is 1. The molecule has 0 radical (unpaired) electrons. The molecule has 0 aromatic heterocycles. The van der Waals surface area contributed by atoms with Crippen molar-refractivity contribution < 1.29 is 19.8 Å². The molecule has 0 saturated carbocycles. The molecule has 0 spiro atoms. The molecule has 0 bridgehead atoms. The van der Waals surface area contributed by atoms with Gasteiger partial charge in [0.15, 0.2) is 0 Å². The first-order chi connectivity index (χ1) is 10.1. The SMILES string of the molecule is O=C(N[C@@H](Cc1ccc(O)cc1)C(=O)O)C1CCCCN1. The van der Waals surface area contributed by atoms with Crippen LogP contribution in [0.25, 0.3) is 0 Å². The highest BCUT2D eigenvalue weighted by Gasteiger charge is 2.26. The first-order valence-corrected chi connectivity index (χ1v) is 7.11. The van der Waals surface area contributed by atoms with Crippen molar-refractivity contribution in [3.63, 3.8) is 0 Å². The van der Waals surface area contributed by atoms with Gasteiger partial charge in [0.25, 0.3) is 0 Å². The number of carboxylic acids is 1. The molecule has 1 aromatic rings. The van der Waals surface area contributed by atoms with Crippen LogP contribution in [0.3, 0.4) is 0 Å². The van der Waals surface area contributed by atoms with Crippen LogP contribution in [0.1, 0.15) is 24.8 Å². The summed E-state index contributed by atoms with van der Waals surface area (Å²) in [5.41, 5.74) is 0.747. The monoisotopic (exact) mass is 292 g/mol. The minimum atomic E-state index is -1.06. The number of carboxylic acid groups (broad SMARTS) is 1. The quantitative estimate of drug-likeness (QED) is 0.638. The van der Waals surface area contributed by atoms with Gasteiger partial charge < -0.3 is 20.8 Å². The van der Waals surface area contributed by atoms with Crippen LogP contribution in [0.5, 0.6) is 5.75 Å². The van der Waals surface area contributed by atoms with Crippen molar-refractivity contribution in [1.29, 1.82) is 0 Å². The molecule has 4 N–H and O–H groups in total. The van der Waals surface area contributed by atoms with Crippen LogP contribution in [-0.2, 0) is 16.0 Å². The zero-order chi connectivity index (χ0) is 15.2. The van der Waals surface area contributed by atoms with Gasteiger partial charge in [-0.3, -0.25) is 4.79 Å². The maximum Gasteiger partial charge on any atom is 0.326 e. The Kier molecular flexibility index (Phi) is 5.16. The van der Waals surface area contributed by atoms with E-state index in [0.717, 1.165) is 31.4 Å². The van der Waals surface area contributed by atoms with Crippen molar-refractivity contribution in [1.82, 2.24) is 10.6 Å². The van der Waals surface area contributed by atoms with E-state index in [1.165, 1.54) is 12.1 Å². The zero-order valence-corrected chi connectivity index (χ0v) is 11.7. The van der Waals surface area contributed by atoms with E-state index in [4.69, 9.17) is 0 Å². The highest BCUT2D eigenvalue weighted by molar-refractivity contribution is 5.87. The molecule has 1 saturated heterocycles. The van der Waals surface area contributed by atoms with Crippen LogP contribution in [-0.4, -0.2) is 40.7 Å². The first-order valence-electron chi connectivity index (χ1n) is 7.11. The number of piperidine rings is 1. The topological polar surface area (TPSA) is 98.7 Å². The second-order valence-electron chi connectivity index (χ2n) is 5.27. The maximum atomic E-state index is 12.1. The normalized spacial score (nSPS) is 19.7. The fourth-order valence-electron chi connectivity index (χ4n) is 2.42. The Bertz CT molecular complexity index is 495. The molecule has 1 aromatic carbocycles. The molecule has 114 valence electrons. The summed E-state index contributed by atoms with van der Waals surface area (Å²) in [5.74, 6) is -1.20. The summed E-state index contributed by atoms with van der Waals surface area (Å²) in [4.78, 5) is 23.4. The molecule has 2 atom stereocenters. The lowest BCUT2D eigenvalue weighted by atomic mass is 10.0. The molecule has 1 amide bonds. The van der Waals surface area contributed by atoms with Crippen molar-refractivity contribution in [3.8, 4) is 5.75 Å². The van der Waals surface area contributed by atoms with Crippen LogP contribution in [0.4, 0.5) is 0 Å². The summed E-state index contributed by atoms with van der Waals surface area (Å²) in [6, 6.07) is 5.02. The Labute approximate surface area is 123 Å². The molecule has 6 nitrogen and oxygen atoms in total. The lowest BCUT2D eigenvalue weighted by molar-refractivity contribution is -0.142. The lowest BCUT2D eigenvalue weighted by Gasteiger charge is -2.24. The van der Waals surface area contributed by atoms with Crippen LogP contribution in [0.15, 0.2) is 24.3 Å². The van der Waals surface area contributed by atoms with Gasteiger partial charge in [-0.1, -0.05) is 18.6 Å². The van der Waals surface area contributed by atoms with Crippen LogP contribution in [0, 0.1) is 0 Å². The summed E-state index contributed by atoms with van der Waals surface area (Å²) in [5, 5.41) is 24.2. The fourth-order valence-corrected chi connectivity index (χ4v) is 2.42. The van der Waals surface area contributed by atoms with Crippen molar-refractivity contribution in [2.75, 3.05) is 6.54 Å². The van der Waals surface area contributed by atoms with E-state index in [0.29, 0.717) is 0 Å². The zero-order valence-electron chi connectivity index (χ0n) is 11.7. The molecule has 2 rings (SSSR count). The molecular weight excluding hydrogens is 272 g/mol. The minimum absolute atomic E-state index is 0.126. The van der Waals surface area contributed by atoms with Gasteiger partial charge in [-0.25, -0.2) is 4.79 Å². The molecule has 6 heteroatoms. The van der Waals surface area contributed by atoms with Crippen LogP contribution < -0.4 is 10.6 Å². The average Bonchev–Trinajstić information content (AvgIpc) is 2.49. The van der Waals surface area contributed by atoms with Crippen molar-refractivity contribution in [2.24, 2.45) is 0 Å². The van der Waals surface area contributed by atoms with Crippen molar-refractivity contribution in [2.45, 2.75) is 37.8 Å². The predicted molar refractivity (Wildman–Crippen MR) is 77.0 cm³/mol. The van der Waals surface area contributed by atoms with Gasteiger partial charge in [0.2, 0.25) is 5.91 Å². The number of carbonyl (C=O) groups is 2. The molecule has 21 heavy (non-hydrogen) atoms. The molecule has 1 heterocycles. The van der Waals surface area contributed by atoms with Crippen molar-refractivity contribution in [3.05, 3.63) is 29.8 Å². The largest absolute Gasteiger partial charge is 0.508 e. The average molecular weight is 292 g/mol. The molecular formula is C15H20N2O4. The highest BCUT2D eigenvalue weighted by Crippen LogP contribution is 2.12. The van der Waals surface area contributed by atoms with Gasteiger partial charge in [0, 0.05) is 6.42 Å². The van der Waals surface area contributed by atoms with E-state index in [2.05, 4.69) is 10.6 Å². The number of nitrogens with one attached hydrogen (secondary N) is 2. The van der Waals surface area contributed by atoms with E-state index in [-0.39, 0.29) is 24.1 Å². The van der Waals surface area contributed by atoms with Gasteiger partial charge in [-0.05, 0) is 37.1 Å². The number of hydrogen-bond acceptors (Lipinski definition) is 4. The Morgan fingerprint density at radius 1 is 1.29 bits per heavy atom. The number of phenolic OH excluding ortho intramolecular Hbond substituents is 1. The highest BCUT2D eigenvalue weighted by atomic mass is 16.4. The number of aromatic hydroxyl groups is 1.